The van der Waals surface area contributed by atoms with E-state index in [2.05, 4.69) is 5.32 Å². The number of benzene rings is 2. The second kappa shape index (κ2) is 10.6. The van der Waals surface area contributed by atoms with Gasteiger partial charge in [-0.05, 0) is 55.6 Å². The fourth-order valence-corrected chi connectivity index (χ4v) is 2.46. The number of rotatable bonds is 9. The molecule has 1 unspecified atom stereocenters. The minimum Gasteiger partial charge on any atom is -0.488 e. The first-order valence-electron chi connectivity index (χ1n) is 8.92. The van der Waals surface area contributed by atoms with Crippen LogP contribution in [0.4, 0.5) is 0 Å². The Labute approximate surface area is 173 Å². The quantitative estimate of drug-likeness (QED) is 0.365. The maximum absolute atomic E-state index is 12.5. The van der Waals surface area contributed by atoms with Crippen molar-refractivity contribution in [2.45, 2.75) is 13.0 Å². The standard InChI is InChI=1S/C21H23N3O6/c1-13(12-28-2)29-17-9-15(20(25)24-19(23)7-8-22)10-18(11-17)30-16-5-3-14(4-6-16)21(26)27/h3-11,13H,12,22H2,1-2H3,(H,26,27)(H2,23,24,25)/b8-7-. The monoisotopic (exact) mass is 413 g/mol. The summed E-state index contributed by atoms with van der Waals surface area (Å²) in [4.78, 5) is 23.5. The number of nitrogens with two attached hydrogens (primary N) is 1. The van der Waals surface area contributed by atoms with Crippen LogP contribution in [-0.2, 0) is 4.74 Å². The molecule has 0 aliphatic rings. The van der Waals surface area contributed by atoms with Gasteiger partial charge in [-0.15, -0.1) is 0 Å². The zero-order valence-corrected chi connectivity index (χ0v) is 16.5. The summed E-state index contributed by atoms with van der Waals surface area (Å²) in [5, 5.41) is 19.0. The molecule has 2 rings (SSSR count). The van der Waals surface area contributed by atoms with Gasteiger partial charge in [-0.1, -0.05) is 0 Å². The highest BCUT2D eigenvalue weighted by Gasteiger charge is 2.14. The molecule has 5 N–H and O–H groups in total. The Bertz CT molecular complexity index is 940. The number of amidine groups is 1. The van der Waals surface area contributed by atoms with E-state index in [0.29, 0.717) is 23.9 Å². The van der Waals surface area contributed by atoms with E-state index in [9.17, 15) is 9.59 Å². The number of amides is 1. The Balaban J connectivity index is 2.31. The van der Waals surface area contributed by atoms with Gasteiger partial charge in [-0.25, -0.2) is 4.79 Å². The van der Waals surface area contributed by atoms with Crippen LogP contribution in [0.1, 0.15) is 27.6 Å². The van der Waals surface area contributed by atoms with Gasteiger partial charge in [0, 0.05) is 18.7 Å². The zero-order valence-electron chi connectivity index (χ0n) is 16.5. The van der Waals surface area contributed by atoms with Gasteiger partial charge in [-0.3, -0.25) is 10.2 Å². The number of aromatic carboxylic acids is 1. The molecule has 9 heteroatoms. The second-order valence-corrected chi connectivity index (χ2v) is 6.24. The predicted molar refractivity (Wildman–Crippen MR) is 110 cm³/mol. The first-order chi connectivity index (χ1) is 14.3. The summed E-state index contributed by atoms with van der Waals surface area (Å²) in [6, 6.07) is 10.4. The van der Waals surface area contributed by atoms with Crippen LogP contribution in [0.15, 0.2) is 54.7 Å². The Morgan fingerprint density at radius 2 is 1.80 bits per heavy atom. The molecule has 0 bridgehead atoms. The summed E-state index contributed by atoms with van der Waals surface area (Å²) >= 11 is 0. The van der Waals surface area contributed by atoms with E-state index in [4.69, 9.17) is 30.5 Å². The SMILES string of the molecule is COCC(C)Oc1cc(Oc2ccc(C(=O)O)cc2)cc(C(=O)NC(=N)/C=C\N)c1. The van der Waals surface area contributed by atoms with E-state index in [1.807, 2.05) is 6.92 Å². The van der Waals surface area contributed by atoms with Gasteiger partial charge in [0.05, 0.1) is 12.2 Å². The van der Waals surface area contributed by atoms with Gasteiger partial charge in [0.15, 0.2) is 0 Å². The molecule has 0 fully saturated rings. The van der Waals surface area contributed by atoms with Gasteiger partial charge in [-0.2, -0.15) is 0 Å². The van der Waals surface area contributed by atoms with Crippen molar-refractivity contribution in [2.24, 2.45) is 5.73 Å². The zero-order chi connectivity index (χ0) is 22.1. The van der Waals surface area contributed by atoms with Crippen molar-refractivity contribution in [3.8, 4) is 17.2 Å². The molecule has 2 aromatic rings. The third-order valence-corrected chi connectivity index (χ3v) is 3.73. The molecule has 0 aliphatic carbocycles. The van der Waals surface area contributed by atoms with Crippen molar-refractivity contribution < 1.29 is 28.9 Å². The van der Waals surface area contributed by atoms with Crippen molar-refractivity contribution in [2.75, 3.05) is 13.7 Å². The van der Waals surface area contributed by atoms with Crippen LogP contribution < -0.4 is 20.5 Å². The molecule has 0 saturated carbocycles. The van der Waals surface area contributed by atoms with Crippen LogP contribution in [0.2, 0.25) is 0 Å². The van der Waals surface area contributed by atoms with E-state index in [0.717, 1.165) is 6.20 Å². The molecule has 30 heavy (non-hydrogen) atoms. The normalized spacial score (nSPS) is 11.7. The number of carbonyl (C=O) groups excluding carboxylic acids is 1. The summed E-state index contributed by atoms with van der Waals surface area (Å²) in [5.41, 5.74) is 5.55. The van der Waals surface area contributed by atoms with E-state index in [1.165, 1.54) is 42.5 Å². The van der Waals surface area contributed by atoms with Gasteiger partial charge >= 0.3 is 5.97 Å². The topological polar surface area (TPSA) is 144 Å². The predicted octanol–water partition coefficient (Wildman–Crippen LogP) is 2.77. The van der Waals surface area contributed by atoms with Crippen LogP contribution in [-0.4, -0.2) is 42.6 Å². The number of ether oxygens (including phenoxy) is 3. The van der Waals surface area contributed by atoms with Crippen LogP contribution in [0.5, 0.6) is 17.2 Å². The van der Waals surface area contributed by atoms with E-state index < -0.39 is 11.9 Å². The molecule has 0 aromatic heterocycles. The minimum atomic E-state index is -1.04. The average Bonchev–Trinajstić information content (AvgIpc) is 2.68. The van der Waals surface area contributed by atoms with Crippen molar-refractivity contribution in [1.29, 1.82) is 5.41 Å². The van der Waals surface area contributed by atoms with Crippen LogP contribution in [0, 0.1) is 5.41 Å². The third kappa shape index (κ3) is 6.64. The number of methoxy groups -OCH3 is 1. The molecular weight excluding hydrogens is 390 g/mol. The lowest BCUT2D eigenvalue weighted by Gasteiger charge is -2.16. The molecule has 0 spiro atoms. The first-order valence-corrected chi connectivity index (χ1v) is 8.92. The fourth-order valence-electron chi connectivity index (χ4n) is 2.46. The Morgan fingerprint density at radius 1 is 1.13 bits per heavy atom. The maximum atomic E-state index is 12.5. The Morgan fingerprint density at radius 3 is 2.40 bits per heavy atom. The minimum absolute atomic E-state index is 0.124. The molecule has 158 valence electrons. The second-order valence-electron chi connectivity index (χ2n) is 6.24. The highest BCUT2D eigenvalue weighted by molar-refractivity contribution is 6.09. The lowest BCUT2D eigenvalue weighted by Crippen LogP contribution is -2.28. The molecular formula is C21H23N3O6. The summed E-state index contributed by atoms with van der Waals surface area (Å²) in [6.45, 7) is 2.15. The number of carboxylic acid groups (broad SMARTS) is 1. The molecule has 0 heterocycles. The summed E-state index contributed by atoms with van der Waals surface area (Å²) in [5.74, 6) is -0.719. The number of hydrogen-bond acceptors (Lipinski definition) is 7. The van der Waals surface area contributed by atoms with Gasteiger partial charge in [0.1, 0.15) is 29.2 Å². The summed E-state index contributed by atoms with van der Waals surface area (Å²) in [7, 11) is 1.55. The summed E-state index contributed by atoms with van der Waals surface area (Å²) in [6.07, 6.45) is 2.10. The summed E-state index contributed by atoms with van der Waals surface area (Å²) < 4.78 is 16.6. The van der Waals surface area contributed by atoms with Crippen LogP contribution in [0.3, 0.4) is 0 Å². The van der Waals surface area contributed by atoms with Gasteiger partial charge in [0.2, 0.25) is 0 Å². The molecule has 1 amide bonds. The lowest BCUT2D eigenvalue weighted by atomic mass is 10.1. The van der Waals surface area contributed by atoms with E-state index in [-0.39, 0.29) is 23.1 Å². The molecule has 9 nitrogen and oxygen atoms in total. The smallest absolute Gasteiger partial charge is 0.335 e. The largest absolute Gasteiger partial charge is 0.488 e. The maximum Gasteiger partial charge on any atom is 0.335 e. The van der Waals surface area contributed by atoms with Crippen LogP contribution >= 0.6 is 0 Å². The Kier molecular flexibility index (Phi) is 7.95. The molecule has 0 saturated heterocycles. The lowest BCUT2D eigenvalue weighted by molar-refractivity contribution is 0.0696. The van der Waals surface area contributed by atoms with Gasteiger partial charge in [0.25, 0.3) is 5.91 Å². The first kappa shape index (κ1) is 22.4. The van der Waals surface area contributed by atoms with E-state index >= 15 is 0 Å². The highest BCUT2D eigenvalue weighted by Crippen LogP contribution is 2.28. The third-order valence-electron chi connectivity index (χ3n) is 3.73. The Hall–Kier alpha value is -3.85. The van der Waals surface area contributed by atoms with Crippen molar-refractivity contribution >= 4 is 17.7 Å². The molecule has 0 aliphatic heterocycles. The molecule has 0 radical (unpaired) electrons. The number of nitrogens with one attached hydrogen (secondary N) is 2. The molecule has 2 aromatic carbocycles. The number of carbonyl (C=O) groups is 2. The van der Waals surface area contributed by atoms with Crippen molar-refractivity contribution in [3.63, 3.8) is 0 Å². The highest BCUT2D eigenvalue weighted by atomic mass is 16.5. The van der Waals surface area contributed by atoms with Crippen LogP contribution in [0.25, 0.3) is 0 Å². The van der Waals surface area contributed by atoms with E-state index in [1.54, 1.807) is 13.2 Å². The number of carboxylic acids is 1. The van der Waals surface area contributed by atoms with Crippen molar-refractivity contribution in [3.05, 3.63) is 65.9 Å². The molecule has 1 atom stereocenters. The fraction of sp³-hybridized carbons (Fsp3) is 0.190. The average molecular weight is 413 g/mol. The van der Waals surface area contributed by atoms with Gasteiger partial charge < -0.3 is 30.4 Å². The number of hydrogen-bond donors (Lipinski definition) is 4. The van der Waals surface area contributed by atoms with Crippen molar-refractivity contribution in [1.82, 2.24) is 5.32 Å².